The Labute approximate surface area is 120 Å². The van der Waals surface area contributed by atoms with Gasteiger partial charge in [0.05, 0.1) is 0 Å². The van der Waals surface area contributed by atoms with E-state index in [-0.39, 0.29) is 0 Å². The molecular formula is C17H25NS. The minimum absolute atomic E-state index is 0.826. The van der Waals surface area contributed by atoms with Crippen LogP contribution in [0.2, 0.25) is 0 Å². The molecule has 0 aliphatic heterocycles. The summed E-state index contributed by atoms with van der Waals surface area (Å²) in [5.74, 6) is 4.17. The molecule has 4 bridgehead atoms. The van der Waals surface area contributed by atoms with E-state index in [9.17, 15) is 0 Å². The first-order valence-electron chi connectivity index (χ1n) is 7.98. The van der Waals surface area contributed by atoms with Crippen LogP contribution in [0.25, 0.3) is 0 Å². The quantitative estimate of drug-likeness (QED) is 0.868. The van der Waals surface area contributed by atoms with Crippen molar-refractivity contribution in [3.8, 4) is 0 Å². The zero-order valence-electron chi connectivity index (χ0n) is 12.1. The van der Waals surface area contributed by atoms with Crippen LogP contribution in [0.5, 0.6) is 0 Å². The molecule has 1 heterocycles. The van der Waals surface area contributed by atoms with Crippen molar-refractivity contribution in [1.29, 1.82) is 0 Å². The summed E-state index contributed by atoms with van der Waals surface area (Å²) in [5.41, 5.74) is 1.54. The Morgan fingerprint density at radius 3 is 2.21 bits per heavy atom. The highest BCUT2D eigenvalue weighted by molar-refractivity contribution is 7.12. The van der Waals surface area contributed by atoms with E-state index in [0.29, 0.717) is 0 Å². The predicted molar refractivity (Wildman–Crippen MR) is 81.5 cm³/mol. The highest BCUT2D eigenvalue weighted by atomic mass is 32.1. The molecule has 1 aromatic rings. The third kappa shape index (κ3) is 2.17. The molecule has 104 valence electrons. The number of nitrogens with one attached hydrogen (secondary N) is 1. The van der Waals surface area contributed by atoms with E-state index in [0.717, 1.165) is 36.3 Å². The van der Waals surface area contributed by atoms with Crippen molar-refractivity contribution in [3.63, 3.8) is 0 Å². The zero-order chi connectivity index (χ0) is 13.0. The van der Waals surface area contributed by atoms with Crippen LogP contribution in [-0.4, -0.2) is 6.04 Å². The van der Waals surface area contributed by atoms with Gasteiger partial charge in [-0.15, -0.1) is 11.3 Å². The van der Waals surface area contributed by atoms with Crippen molar-refractivity contribution in [2.45, 2.75) is 58.5 Å². The Morgan fingerprint density at radius 1 is 1.05 bits per heavy atom. The average molecular weight is 275 g/mol. The van der Waals surface area contributed by atoms with E-state index in [4.69, 9.17) is 0 Å². The van der Waals surface area contributed by atoms with Gasteiger partial charge in [-0.2, -0.15) is 0 Å². The van der Waals surface area contributed by atoms with Crippen LogP contribution in [-0.2, 0) is 6.54 Å². The van der Waals surface area contributed by atoms with Gasteiger partial charge >= 0.3 is 0 Å². The summed E-state index contributed by atoms with van der Waals surface area (Å²) in [4.78, 5) is 2.97. The van der Waals surface area contributed by atoms with Crippen molar-refractivity contribution >= 4 is 11.3 Å². The first-order valence-corrected chi connectivity index (χ1v) is 8.80. The molecule has 0 amide bonds. The maximum atomic E-state index is 3.94. The molecule has 0 radical (unpaired) electrons. The first kappa shape index (κ1) is 12.4. The number of thiophene rings is 1. The molecule has 19 heavy (non-hydrogen) atoms. The number of aryl methyl sites for hydroxylation is 2. The van der Waals surface area contributed by atoms with Crippen LogP contribution in [0.3, 0.4) is 0 Å². The van der Waals surface area contributed by atoms with Gasteiger partial charge in [0.15, 0.2) is 0 Å². The zero-order valence-corrected chi connectivity index (χ0v) is 12.9. The Kier molecular flexibility index (Phi) is 3.00. The van der Waals surface area contributed by atoms with Crippen LogP contribution < -0.4 is 5.32 Å². The maximum Gasteiger partial charge on any atom is 0.0219 e. The topological polar surface area (TPSA) is 12.0 Å². The van der Waals surface area contributed by atoms with E-state index in [1.165, 1.54) is 41.0 Å². The highest BCUT2D eigenvalue weighted by Gasteiger charge is 2.47. The number of hydrogen-bond acceptors (Lipinski definition) is 2. The van der Waals surface area contributed by atoms with Crippen molar-refractivity contribution in [1.82, 2.24) is 5.32 Å². The number of hydrogen-bond donors (Lipinski definition) is 1. The van der Waals surface area contributed by atoms with Crippen molar-refractivity contribution < 1.29 is 0 Å². The molecule has 1 aromatic heterocycles. The standard InChI is InChI=1S/C17H25NS/c1-10-3-16(11(2)19-10)9-18-17-14-5-12-4-13(7-14)8-15(17)6-12/h3,12-15,17-18H,4-9H2,1-2H3. The average Bonchev–Trinajstić information content (AvgIpc) is 2.66. The van der Waals surface area contributed by atoms with Crippen molar-refractivity contribution in [2.24, 2.45) is 23.7 Å². The van der Waals surface area contributed by atoms with Crippen LogP contribution >= 0.6 is 11.3 Å². The lowest BCUT2D eigenvalue weighted by Gasteiger charge is -2.54. The van der Waals surface area contributed by atoms with Crippen LogP contribution in [0.1, 0.15) is 47.4 Å². The van der Waals surface area contributed by atoms with E-state index in [1.807, 2.05) is 11.3 Å². The second-order valence-electron chi connectivity index (χ2n) is 7.28. The molecule has 0 aromatic carbocycles. The molecule has 0 saturated heterocycles. The summed E-state index contributed by atoms with van der Waals surface area (Å²) < 4.78 is 0. The molecule has 0 spiro atoms. The van der Waals surface area contributed by atoms with E-state index < -0.39 is 0 Å². The largest absolute Gasteiger partial charge is 0.309 e. The highest BCUT2D eigenvalue weighted by Crippen LogP contribution is 2.53. The van der Waals surface area contributed by atoms with Gasteiger partial charge in [0.2, 0.25) is 0 Å². The fourth-order valence-electron chi connectivity index (χ4n) is 5.35. The lowest BCUT2D eigenvalue weighted by atomic mass is 9.54. The molecule has 4 aliphatic carbocycles. The van der Waals surface area contributed by atoms with E-state index in [1.54, 1.807) is 6.42 Å². The molecular weight excluding hydrogens is 250 g/mol. The Hall–Kier alpha value is -0.340. The molecule has 4 saturated carbocycles. The van der Waals surface area contributed by atoms with Gasteiger partial charge in [-0.1, -0.05) is 0 Å². The first-order chi connectivity index (χ1) is 9.19. The molecule has 5 rings (SSSR count). The summed E-state index contributed by atoms with van der Waals surface area (Å²) in [7, 11) is 0. The van der Waals surface area contributed by atoms with Crippen molar-refractivity contribution in [3.05, 3.63) is 21.4 Å². The molecule has 4 aliphatic rings. The third-order valence-corrected chi connectivity index (χ3v) is 6.91. The predicted octanol–water partition coefficient (Wildman–Crippen LogP) is 4.28. The van der Waals surface area contributed by atoms with Gasteiger partial charge in [0.25, 0.3) is 0 Å². The summed E-state index contributed by atoms with van der Waals surface area (Å²) in [6.45, 7) is 5.60. The van der Waals surface area contributed by atoms with E-state index in [2.05, 4.69) is 25.2 Å². The Balaban J connectivity index is 1.44. The summed E-state index contributed by atoms with van der Waals surface area (Å²) in [5, 5.41) is 3.94. The molecule has 2 heteroatoms. The normalized spacial score (nSPS) is 40.0. The SMILES string of the molecule is Cc1cc(CNC2C3CC4CC(C3)CC2C4)c(C)s1. The summed E-state index contributed by atoms with van der Waals surface area (Å²) >= 11 is 1.94. The molecule has 0 unspecified atom stereocenters. The monoisotopic (exact) mass is 275 g/mol. The Morgan fingerprint density at radius 2 is 1.68 bits per heavy atom. The summed E-state index contributed by atoms with van der Waals surface area (Å²) in [6.07, 6.45) is 7.64. The van der Waals surface area contributed by atoms with Crippen LogP contribution in [0.4, 0.5) is 0 Å². The smallest absolute Gasteiger partial charge is 0.0219 e. The van der Waals surface area contributed by atoms with Gasteiger partial charge in [0, 0.05) is 22.3 Å². The van der Waals surface area contributed by atoms with Crippen LogP contribution in [0.15, 0.2) is 6.07 Å². The van der Waals surface area contributed by atoms with Gasteiger partial charge in [0.1, 0.15) is 0 Å². The summed E-state index contributed by atoms with van der Waals surface area (Å²) in [6, 6.07) is 3.20. The molecule has 0 atom stereocenters. The van der Waals surface area contributed by atoms with Gasteiger partial charge in [-0.05, 0) is 81.3 Å². The Bertz CT molecular complexity index is 448. The van der Waals surface area contributed by atoms with Gasteiger partial charge in [-0.25, -0.2) is 0 Å². The third-order valence-electron chi connectivity index (χ3n) is 5.90. The number of rotatable bonds is 3. The molecule has 4 fully saturated rings. The van der Waals surface area contributed by atoms with Crippen molar-refractivity contribution in [2.75, 3.05) is 0 Å². The fraction of sp³-hybridized carbons (Fsp3) is 0.765. The second kappa shape index (κ2) is 4.60. The van der Waals surface area contributed by atoms with Crippen LogP contribution in [0, 0.1) is 37.5 Å². The van der Waals surface area contributed by atoms with E-state index >= 15 is 0 Å². The lowest BCUT2D eigenvalue weighted by molar-refractivity contribution is -0.0142. The molecule has 1 N–H and O–H groups in total. The minimum atomic E-state index is 0.826. The minimum Gasteiger partial charge on any atom is -0.309 e. The molecule has 1 nitrogen and oxygen atoms in total. The maximum absolute atomic E-state index is 3.94. The second-order valence-corrected chi connectivity index (χ2v) is 8.74. The fourth-order valence-corrected chi connectivity index (χ4v) is 6.29. The van der Waals surface area contributed by atoms with Gasteiger partial charge in [-0.3, -0.25) is 0 Å². The lowest BCUT2D eigenvalue weighted by Crippen LogP contribution is -2.54. The van der Waals surface area contributed by atoms with Gasteiger partial charge < -0.3 is 5.32 Å².